The minimum Gasteiger partial charge on any atom is -0.371 e. The Morgan fingerprint density at radius 2 is 1.83 bits per heavy atom. The second-order valence-corrected chi connectivity index (χ2v) is 5.61. The van der Waals surface area contributed by atoms with Crippen molar-refractivity contribution < 1.29 is 13.6 Å². The van der Waals surface area contributed by atoms with Crippen LogP contribution in [-0.4, -0.2) is 19.0 Å². The van der Waals surface area contributed by atoms with Crippen molar-refractivity contribution in [2.45, 2.75) is 19.3 Å². The average molecular weight is 316 g/mol. The predicted molar refractivity (Wildman–Crippen MR) is 86.6 cm³/mol. The van der Waals surface area contributed by atoms with Crippen LogP contribution in [0.2, 0.25) is 0 Å². The summed E-state index contributed by atoms with van der Waals surface area (Å²) in [5.74, 6) is -1.92. The summed E-state index contributed by atoms with van der Waals surface area (Å²) in [6.45, 7) is 1.41. The van der Waals surface area contributed by atoms with E-state index in [2.05, 4.69) is 16.3 Å². The number of rotatable bonds is 4. The topological polar surface area (TPSA) is 32.3 Å². The van der Waals surface area contributed by atoms with Crippen molar-refractivity contribution in [1.82, 2.24) is 0 Å². The second-order valence-electron chi connectivity index (χ2n) is 5.61. The van der Waals surface area contributed by atoms with Crippen LogP contribution in [-0.2, 0) is 11.2 Å². The molecule has 0 bridgehead atoms. The number of benzene rings is 2. The molecule has 2 aromatic carbocycles. The van der Waals surface area contributed by atoms with Gasteiger partial charge in [0.25, 0.3) is 0 Å². The molecule has 3 nitrogen and oxygen atoms in total. The highest BCUT2D eigenvalue weighted by Crippen LogP contribution is 2.26. The van der Waals surface area contributed by atoms with Crippen LogP contribution >= 0.6 is 0 Å². The first-order valence-corrected chi connectivity index (χ1v) is 7.72. The fourth-order valence-electron chi connectivity index (χ4n) is 2.90. The van der Waals surface area contributed by atoms with E-state index in [9.17, 15) is 13.6 Å². The number of carbonyl (C=O) groups excluding carboxylic acids is 1. The molecule has 1 aliphatic heterocycles. The number of anilines is 2. The summed E-state index contributed by atoms with van der Waals surface area (Å²) < 4.78 is 27.1. The number of hydrogen-bond donors (Lipinski definition) is 1. The third-order valence-corrected chi connectivity index (χ3v) is 4.04. The molecule has 5 heteroatoms. The number of para-hydroxylation sites is 2. The van der Waals surface area contributed by atoms with Crippen LogP contribution in [0.3, 0.4) is 0 Å². The van der Waals surface area contributed by atoms with Gasteiger partial charge >= 0.3 is 0 Å². The maximum absolute atomic E-state index is 13.5. The molecule has 0 spiro atoms. The molecule has 0 saturated heterocycles. The number of halogens is 2. The lowest BCUT2D eigenvalue weighted by molar-refractivity contribution is -0.116. The third-order valence-electron chi connectivity index (χ3n) is 4.04. The fourth-order valence-corrected chi connectivity index (χ4v) is 2.90. The number of hydrogen-bond acceptors (Lipinski definition) is 2. The van der Waals surface area contributed by atoms with Crippen molar-refractivity contribution in [3.05, 3.63) is 59.7 Å². The molecule has 1 amide bonds. The molecule has 0 aromatic heterocycles. The third kappa shape index (κ3) is 3.50. The lowest BCUT2D eigenvalue weighted by atomic mass is 10.0. The van der Waals surface area contributed by atoms with E-state index in [-0.39, 0.29) is 12.1 Å². The Hall–Kier alpha value is -2.43. The molecule has 0 fully saturated rings. The summed E-state index contributed by atoms with van der Waals surface area (Å²) >= 11 is 0. The summed E-state index contributed by atoms with van der Waals surface area (Å²) in [4.78, 5) is 14.1. The number of nitrogens with zero attached hydrogens (tertiary/aromatic N) is 1. The van der Waals surface area contributed by atoms with Crippen molar-refractivity contribution in [2.75, 3.05) is 23.3 Å². The van der Waals surface area contributed by atoms with Crippen LogP contribution in [0.25, 0.3) is 0 Å². The Morgan fingerprint density at radius 3 is 2.61 bits per heavy atom. The molecule has 0 unspecified atom stereocenters. The van der Waals surface area contributed by atoms with Gasteiger partial charge in [-0.05, 0) is 36.6 Å². The number of amides is 1. The van der Waals surface area contributed by atoms with E-state index >= 15 is 0 Å². The van der Waals surface area contributed by atoms with E-state index in [0.717, 1.165) is 37.2 Å². The highest BCUT2D eigenvalue weighted by molar-refractivity contribution is 5.91. The highest BCUT2D eigenvalue weighted by Gasteiger charge is 2.18. The van der Waals surface area contributed by atoms with Crippen molar-refractivity contribution >= 4 is 17.3 Å². The van der Waals surface area contributed by atoms with Crippen molar-refractivity contribution in [3.8, 4) is 0 Å². The zero-order chi connectivity index (χ0) is 16.2. The molecule has 1 N–H and O–H groups in total. The maximum Gasteiger partial charge on any atom is 0.226 e. The van der Waals surface area contributed by atoms with E-state index in [0.29, 0.717) is 6.54 Å². The number of carbonyl (C=O) groups is 1. The van der Waals surface area contributed by atoms with E-state index in [1.807, 2.05) is 18.2 Å². The van der Waals surface area contributed by atoms with Crippen LogP contribution in [0.15, 0.2) is 42.5 Å². The molecule has 2 aromatic rings. The van der Waals surface area contributed by atoms with Gasteiger partial charge in [0.05, 0.1) is 0 Å². The largest absolute Gasteiger partial charge is 0.371 e. The molecule has 1 heterocycles. The van der Waals surface area contributed by atoms with Gasteiger partial charge in [0, 0.05) is 25.2 Å². The molecule has 1 aliphatic rings. The first-order chi connectivity index (χ1) is 11.1. The van der Waals surface area contributed by atoms with Crippen LogP contribution in [0.4, 0.5) is 20.2 Å². The Morgan fingerprint density at radius 1 is 1.09 bits per heavy atom. The normalized spacial score (nSPS) is 13.6. The van der Waals surface area contributed by atoms with Gasteiger partial charge in [0.15, 0.2) is 0 Å². The van der Waals surface area contributed by atoms with Gasteiger partial charge in [-0.1, -0.05) is 24.3 Å². The highest BCUT2D eigenvalue weighted by atomic mass is 19.1. The van der Waals surface area contributed by atoms with Crippen LogP contribution in [0.5, 0.6) is 0 Å². The van der Waals surface area contributed by atoms with Gasteiger partial charge in [-0.15, -0.1) is 0 Å². The summed E-state index contributed by atoms with van der Waals surface area (Å²) in [6.07, 6.45) is 2.27. The first-order valence-electron chi connectivity index (χ1n) is 7.72. The van der Waals surface area contributed by atoms with E-state index in [1.165, 1.54) is 11.6 Å². The predicted octanol–water partition coefficient (Wildman–Crippen LogP) is 3.75. The Kier molecular flexibility index (Phi) is 4.55. The van der Waals surface area contributed by atoms with E-state index in [4.69, 9.17) is 0 Å². The molecule has 0 radical (unpaired) electrons. The number of fused-ring (bicyclic) bond motifs is 1. The summed E-state index contributed by atoms with van der Waals surface area (Å²) in [5.41, 5.74) is 2.04. The van der Waals surface area contributed by atoms with Crippen molar-refractivity contribution in [1.29, 1.82) is 0 Å². The first kappa shape index (κ1) is 15.5. The zero-order valence-electron chi connectivity index (χ0n) is 12.7. The Bertz CT molecular complexity index is 698. The summed E-state index contributed by atoms with van der Waals surface area (Å²) in [5, 5.41) is 2.33. The lowest BCUT2D eigenvalue weighted by Gasteiger charge is -2.31. The van der Waals surface area contributed by atoms with Gasteiger partial charge in [-0.3, -0.25) is 4.79 Å². The lowest BCUT2D eigenvalue weighted by Crippen LogP contribution is -2.32. The molecule has 120 valence electrons. The number of nitrogens with one attached hydrogen (secondary N) is 1. The Balaban J connectivity index is 1.62. The second kappa shape index (κ2) is 6.77. The molecule has 0 saturated carbocycles. The number of aryl methyl sites for hydroxylation is 1. The smallest absolute Gasteiger partial charge is 0.226 e. The molecule has 0 atom stereocenters. The maximum atomic E-state index is 13.5. The summed E-state index contributed by atoms with van der Waals surface area (Å²) in [6, 6.07) is 11.6. The van der Waals surface area contributed by atoms with Crippen molar-refractivity contribution in [3.63, 3.8) is 0 Å². The minimum atomic E-state index is -0.762. The van der Waals surface area contributed by atoms with Crippen LogP contribution in [0.1, 0.15) is 18.4 Å². The monoisotopic (exact) mass is 316 g/mol. The molecule has 0 aliphatic carbocycles. The van der Waals surface area contributed by atoms with E-state index < -0.39 is 17.5 Å². The van der Waals surface area contributed by atoms with Gasteiger partial charge < -0.3 is 10.2 Å². The molecule has 23 heavy (non-hydrogen) atoms. The fraction of sp³-hybridized carbons (Fsp3) is 0.278. The van der Waals surface area contributed by atoms with Gasteiger partial charge in [0.2, 0.25) is 5.91 Å². The van der Waals surface area contributed by atoms with Gasteiger partial charge in [-0.2, -0.15) is 0 Å². The summed E-state index contributed by atoms with van der Waals surface area (Å²) in [7, 11) is 0. The van der Waals surface area contributed by atoms with Gasteiger partial charge in [0.1, 0.15) is 17.3 Å². The SMILES string of the molecule is O=C(CCN1CCCc2ccccc21)Nc1c(F)cccc1F. The van der Waals surface area contributed by atoms with Crippen LogP contribution < -0.4 is 10.2 Å². The minimum absolute atomic E-state index is 0.183. The molecular weight excluding hydrogens is 298 g/mol. The standard InChI is InChI=1S/C18H18F2N2O/c19-14-7-3-8-15(20)18(14)21-17(23)10-12-22-11-4-6-13-5-1-2-9-16(13)22/h1-3,5,7-9H,4,6,10-12H2,(H,21,23). The quantitative estimate of drug-likeness (QED) is 0.932. The average Bonchev–Trinajstić information content (AvgIpc) is 2.56. The molecule has 3 rings (SSSR count). The van der Waals surface area contributed by atoms with Gasteiger partial charge in [-0.25, -0.2) is 8.78 Å². The van der Waals surface area contributed by atoms with E-state index in [1.54, 1.807) is 0 Å². The van der Waals surface area contributed by atoms with Crippen LogP contribution in [0, 0.1) is 11.6 Å². The zero-order valence-corrected chi connectivity index (χ0v) is 12.7. The van der Waals surface area contributed by atoms with Crippen molar-refractivity contribution in [2.24, 2.45) is 0 Å². The Labute approximate surface area is 133 Å². The molecular formula is C18H18F2N2O.